The molecule has 194 valence electrons. The van der Waals surface area contributed by atoms with Crippen molar-refractivity contribution in [3.05, 3.63) is 33.7 Å². The molecule has 2 amide bonds. The average Bonchev–Trinajstić information content (AvgIpc) is 2.80. The Balaban J connectivity index is 0.000000601. The fourth-order valence-electron chi connectivity index (χ4n) is 3.51. The number of ether oxygens (including phenoxy) is 2. The van der Waals surface area contributed by atoms with Gasteiger partial charge in [0.25, 0.3) is 5.91 Å². The molecule has 1 heterocycles. The summed E-state index contributed by atoms with van der Waals surface area (Å²) in [4.78, 5) is 25.5. The summed E-state index contributed by atoms with van der Waals surface area (Å²) in [5.74, 6) is 0.728. The zero-order valence-corrected chi connectivity index (χ0v) is 23.0. The number of nitrogens with zero attached hydrogens (tertiary/aromatic N) is 1. The first-order valence-electron chi connectivity index (χ1n) is 12.5. The maximum absolute atomic E-state index is 11.9. The molecule has 0 spiro atoms. The van der Waals surface area contributed by atoms with Crippen molar-refractivity contribution in [2.75, 3.05) is 33.4 Å². The number of carbonyl (C=O) groups is 2. The van der Waals surface area contributed by atoms with Gasteiger partial charge in [-0.05, 0) is 75.4 Å². The Morgan fingerprint density at radius 2 is 1.79 bits per heavy atom. The molecule has 0 bridgehead atoms. The van der Waals surface area contributed by atoms with Gasteiger partial charge in [0.1, 0.15) is 5.60 Å². The van der Waals surface area contributed by atoms with Crippen LogP contribution >= 0.6 is 0 Å². The number of benzene rings is 1. The third kappa shape index (κ3) is 11.7. The molecule has 1 saturated heterocycles. The maximum Gasteiger partial charge on any atom is 0.410 e. The number of carbonyl (C=O) groups excluding carboxylic acids is 2. The Bertz CT molecular complexity index is 850. The molecule has 0 aliphatic carbocycles. The lowest BCUT2D eigenvalue weighted by Gasteiger charge is -2.33. The van der Waals surface area contributed by atoms with Gasteiger partial charge in [-0.3, -0.25) is 4.79 Å². The number of hydrogen-bond donors (Lipinski definition) is 1. The summed E-state index contributed by atoms with van der Waals surface area (Å²) in [6.45, 7) is 22.5. The van der Waals surface area contributed by atoms with E-state index in [9.17, 15) is 9.59 Å². The minimum Gasteiger partial charge on any atom is -0.444 e. The normalized spacial score (nSPS) is 14.4. The van der Waals surface area contributed by atoms with Gasteiger partial charge in [0.15, 0.2) is 0 Å². The second-order valence-corrected chi connectivity index (χ2v) is 9.22. The molecule has 1 aliphatic rings. The molecule has 6 heteroatoms. The fourth-order valence-corrected chi connectivity index (χ4v) is 3.51. The van der Waals surface area contributed by atoms with Crippen LogP contribution in [0.4, 0.5) is 4.79 Å². The number of amides is 2. The summed E-state index contributed by atoms with van der Waals surface area (Å²) in [5.41, 5.74) is 1.26. The third-order valence-electron chi connectivity index (χ3n) is 5.48. The van der Waals surface area contributed by atoms with Crippen LogP contribution in [0.3, 0.4) is 0 Å². The predicted molar refractivity (Wildman–Crippen MR) is 142 cm³/mol. The van der Waals surface area contributed by atoms with E-state index in [0.29, 0.717) is 18.7 Å². The summed E-state index contributed by atoms with van der Waals surface area (Å²) in [5, 5.41) is 4.75. The summed E-state index contributed by atoms with van der Waals surface area (Å²) in [6, 6.07) is 3.81. The van der Waals surface area contributed by atoms with Crippen LogP contribution in [0.5, 0.6) is 0 Å². The number of hydrogen-bond acceptors (Lipinski definition) is 4. The second-order valence-electron chi connectivity index (χ2n) is 9.22. The summed E-state index contributed by atoms with van der Waals surface area (Å²) in [7, 11) is 1.61. The molecule has 34 heavy (non-hydrogen) atoms. The van der Waals surface area contributed by atoms with Gasteiger partial charge >= 0.3 is 6.09 Å². The molecule has 1 aliphatic heterocycles. The summed E-state index contributed by atoms with van der Waals surface area (Å²) < 4.78 is 10.2. The van der Waals surface area contributed by atoms with Crippen LogP contribution in [0.15, 0.2) is 12.1 Å². The molecule has 0 unspecified atom stereocenters. The van der Waals surface area contributed by atoms with Gasteiger partial charge in [0, 0.05) is 32.3 Å². The Labute approximate surface area is 207 Å². The lowest BCUT2D eigenvalue weighted by Crippen LogP contribution is -2.41. The fraction of sp³-hybridized carbons (Fsp3) is 0.643. The molecule has 2 rings (SSSR count). The topological polar surface area (TPSA) is 67.9 Å². The van der Waals surface area contributed by atoms with Gasteiger partial charge in [0.05, 0.1) is 6.61 Å². The first kappa shape index (κ1) is 31.7. The van der Waals surface area contributed by atoms with Crippen LogP contribution in [0.1, 0.15) is 83.7 Å². The largest absolute Gasteiger partial charge is 0.444 e. The number of piperidine rings is 1. The van der Waals surface area contributed by atoms with E-state index in [4.69, 9.17) is 9.47 Å². The first-order valence-corrected chi connectivity index (χ1v) is 12.5. The van der Waals surface area contributed by atoms with Crippen LogP contribution in [0.2, 0.25) is 0 Å². The van der Waals surface area contributed by atoms with Gasteiger partial charge < -0.3 is 19.7 Å². The van der Waals surface area contributed by atoms with Gasteiger partial charge in [-0.1, -0.05) is 45.9 Å². The van der Waals surface area contributed by atoms with E-state index in [1.807, 2.05) is 71.6 Å². The highest BCUT2D eigenvalue weighted by Gasteiger charge is 2.25. The number of methoxy groups -OCH3 is 1. The molecular weight excluding hydrogens is 428 g/mol. The Morgan fingerprint density at radius 3 is 2.26 bits per heavy atom. The molecule has 6 nitrogen and oxygen atoms in total. The van der Waals surface area contributed by atoms with Crippen LogP contribution < -0.4 is 15.8 Å². The minimum atomic E-state index is -0.376. The molecule has 0 saturated carbocycles. The highest BCUT2D eigenvalue weighted by molar-refractivity contribution is 5.95. The minimum absolute atomic E-state index is 0.0670. The molecule has 1 N–H and O–H groups in total. The van der Waals surface area contributed by atoms with Crippen molar-refractivity contribution in [1.29, 1.82) is 0 Å². The van der Waals surface area contributed by atoms with Crippen molar-refractivity contribution < 1.29 is 19.1 Å². The standard InChI is InChI=1S/C14H19NO2.C12H23NO2.C2H6/c1-5-12-9-13(11(3)8-10(12)2)14(16)15-6-7-17-4;1-5-10-6-8-13(9-7-10)11(14)15-12(2,3)4;1-2/h5,8-9H,2,6-7H2,1,3-4H3,(H,15,16);10H,5-9H2,1-4H3;1-2H3/b12-5-;;. The molecule has 1 aromatic carbocycles. The van der Waals surface area contributed by atoms with Gasteiger partial charge in [-0.15, -0.1) is 0 Å². The lowest BCUT2D eigenvalue weighted by atomic mass is 9.95. The number of aryl methyl sites for hydroxylation is 1. The molecule has 1 aromatic rings. The van der Waals surface area contributed by atoms with Gasteiger partial charge in [-0.2, -0.15) is 0 Å². The van der Waals surface area contributed by atoms with Crippen LogP contribution in [0, 0.1) is 12.8 Å². The average molecular weight is 477 g/mol. The highest BCUT2D eigenvalue weighted by atomic mass is 16.6. The Morgan fingerprint density at radius 1 is 1.21 bits per heavy atom. The molecule has 0 aromatic heterocycles. The molecule has 0 atom stereocenters. The van der Waals surface area contributed by atoms with Crippen molar-refractivity contribution in [2.24, 2.45) is 5.92 Å². The van der Waals surface area contributed by atoms with Crippen molar-refractivity contribution in [3.63, 3.8) is 0 Å². The maximum atomic E-state index is 11.9. The molecule has 0 radical (unpaired) electrons. The van der Waals surface area contributed by atoms with Crippen molar-refractivity contribution in [3.8, 4) is 0 Å². The van der Waals surface area contributed by atoms with Crippen molar-refractivity contribution in [1.82, 2.24) is 10.2 Å². The Hall–Kier alpha value is -2.34. The van der Waals surface area contributed by atoms with E-state index in [-0.39, 0.29) is 17.6 Å². The quantitative estimate of drug-likeness (QED) is 0.628. The van der Waals surface area contributed by atoms with Gasteiger partial charge in [0.2, 0.25) is 0 Å². The van der Waals surface area contributed by atoms with E-state index < -0.39 is 0 Å². The monoisotopic (exact) mass is 476 g/mol. The van der Waals surface area contributed by atoms with E-state index >= 15 is 0 Å². The number of likely N-dealkylation sites (tertiary alicyclic amines) is 1. The highest BCUT2D eigenvalue weighted by Crippen LogP contribution is 2.21. The summed E-state index contributed by atoms with van der Waals surface area (Å²) in [6.07, 6.45) is 5.26. The van der Waals surface area contributed by atoms with E-state index in [0.717, 1.165) is 47.8 Å². The van der Waals surface area contributed by atoms with E-state index in [1.54, 1.807) is 7.11 Å². The number of nitrogens with one attached hydrogen (secondary N) is 1. The third-order valence-corrected chi connectivity index (χ3v) is 5.48. The summed E-state index contributed by atoms with van der Waals surface area (Å²) >= 11 is 0. The SMILES string of the molecule is C=c1cc(C)c(C(=O)NCCOC)c/c1=C/C.CC.CCC1CCN(C(=O)OC(C)(C)C)CC1. The predicted octanol–water partition coefficient (Wildman–Crippen LogP) is 4.65. The van der Waals surface area contributed by atoms with E-state index in [1.165, 1.54) is 6.42 Å². The molecule has 1 fully saturated rings. The second kappa shape index (κ2) is 16.3. The smallest absolute Gasteiger partial charge is 0.410 e. The van der Waals surface area contributed by atoms with Crippen molar-refractivity contribution in [2.45, 2.75) is 80.3 Å². The van der Waals surface area contributed by atoms with Crippen LogP contribution in [0.25, 0.3) is 12.7 Å². The van der Waals surface area contributed by atoms with E-state index in [2.05, 4.69) is 18.8 Å². The zero-order valence-electron chi connectivity index (χ0n) is 23.0. The number of rotatable bonds is 5. The van der Waals surface area contributed by atoms with Gasteiger partial charge in [-0.25, -0.2) is 4.79 Å². The van der Waals surface area contributed by atoms with Crippen LogP contribution in [-0.2, 0) is 9.47 Å². The zero-order chi connectivity index (χ0) is 26.3. The van der Waals surface area contributed by atoms with Crippen molar-refractivity contribution >= 4 is 24.7 Å². The lowest BCUT2D eigenvalue weighted by molar-refractivity contribution is 0.0182. The first-order chi connectivity index (χ1) is 16.0. The van der Waals surface area contributed by atoms with Crippen LogP contribution in [-0.4, -0.2) is 55.9 Å². The Kier molecular flexibility index (Phi) is 15.2. The molecular formula is C28H48N2O4.